The molecule has 0 spiro atoms. The minimum atomic E-state index is -0.0853. The molecule has 0 aliphatic heterocycles. The number of nitrogens with one attached hydrogen (secondary N) is 1. The Hall–Kier alpha value is -2.96. The van der Waals surface area contributed by atoms with Gasteiger partial charge in [0.15, 0.2) is 0 Å². The largest absolute Gasteiger partial charge is 0.326 e. The van der Waals surface area contributed by atoms with Crippen molar-refractivity contribution in [2.45, 2.75) is 40.5 Å². The molecule has 2 heterocycles. The summed E-state index contributed by atoms with van der Waals surface area (Å²) >= 11 is 7.84. The summed E-state index contributed by atoms with van der Waals surface area (Å²) in [4.78, 5) is 17.2. The average Bonchev–Trinajstić information content (AvgIpc) is 3.31. The number of anilines is 1. The standard InChI is InChI=1S/C25H25ClN4OS/c1-15-9-10-20(11-16(15)2)27-24(31)13-21-14-32-25(28-21)30-18(4)22(17(3)29-30)12-19-7-5-6-8-23(19)26/h5-11,14H,12-13H2,1-4H3,(H,27,31). The highest BCUT2D eigenvalue weighted by molar-refractivity contribution is 7.12. The van der Waals surface area contributed by atoms with Gasteiger partial charge in [-0.1, -0.05) is 35.9 Å². The number of aryl methyl sites for hydroxylation is 3. The van der Waals surface area contributed by atoms with Crippen LogP contribution >= 0.6 is 22.9 Å². The van der Waals surface area contributed by atoms with E-state index < -0.39 is 0 Å². The summed E-state index contributed by atoms with van der Waals surface area (Å²) in [5.41, 5.74) is 8.07. The molecular weight excluding hydrogens is 440 g/mol. The Bertz CT molecular complexity index is 1290. The smallest absolute Gasteiger partial charge is 0.230 e. The third-order valence-electron chi connectivity index (χ3n) is 5.62. The van der Waals surface area contributed by atoms with Crippen LogP contribution in [-0.2, 0) is 17.6 Å². The monoisotopic (exact) mass is 464 g/mol. The van der Waals surface area contributed by atoms with E-state index in [-0.39, 0.29) is 12.3 Å². The van der Waals surface area contributed by atoms with E-state index in [2.05, 4.69) is 17.2 Å². The van der Waals surface area contributed by atoms with E-state index in [4.69, 9.17) is 16.7 Å². The molecule has 0 aliphatic rings. The molecule has 164 valence electrons. The van der Waals surface area contributed by atoms with E-state index in [0.29, 0.717) is 6.42 Å². The Kier molecular flexibility index (Phi) is 6.44. The molecule has 0 atom stereocenters. The summed E-state index contributed by atoms with van der Waals surface area (Å²) < 4.78 is 1.86. The van der Waals surface area contributed by atoms with Gasteiger partial charge in [0.2, 0.25) is 11.0 Å². The molecular formula is C25H25ClN4OS. The second kappa shape index (κ2) is 9.27. The second-order valence-electron chi connectivity index (χ2n) is 7.97. The summed E-state index contributed by atoms with van der Waals surface area (Å²) in [6.45, 7) is 8.13. The number of halogens is 1. The topological polar surface area (TPSA) is 59.8 Å². The lowest BCUT2D eigenvalue weighted by molar-refractivity contribution is -0.115. The molecule has 5 nitrogen and oxygen atoms in total. The number of carbonyl (C=O) groups is 1. The van der Waals surface area contributed by atoms with Gasteiger partial charge in [0.1, 0.15) is 0 Å². The van der Waals surface area contributed by atoms with Gasteiger partial charge >= 0.3 is 0 Å². The zero-order valence-corrected chi connectivity index (χ0v) is 20.1. The Labute approximate surface area is 197 Å². The maximum Gasteiger partial charge on any atom is 0.230 e. The van der Waals surface area contributed by atoms with Crippen LogP contribution in [0.2, 0.25) is 5.02 Å². The molecule has 0 radical (unpaired) electrons. The normalized spacial score (nSPS) is 11.0. The fourth-order valence-electron chi connectivity index (χ4n) is 3.61. The second-order valence-corrected chi connectivity index (χ2v) is 9.22. The first kappa shape index (κ1) is 22.2. The van der Waals surface area contributed by atoms with Gasteiger partial charge in [-0.05, 0) is 62.6 Å². The molecule has 1 N–H and O–H groups in total. The number of hydrogen-bond donors (Lipinski definition) is 1. The number of rotatable bonds is 6. The number of thiazole rings is 1. The van der Waals surface area contributed by atoms with Crippen LogP contribution in [0.25, 0.3) is 5.13 Å². The first-order chi connectivity index (χ1) is 15.3. The van der Waals surface area contributed by atoms with Crippen molar-refractivity contribution in [2.75, 3.05) is 5.32 Å². The zero-order valence-electron chi connectivity index (χ0n) is 18.6. The lowest BCUT2D eigenvalue weighted by atomic mass is 10.0. The van der Waals surface area contributed by atoms with E-state index in [1.807, 2.05) is 73.3 Å². The van der Waals surface area contributed by atoms with E-state index in [0.717, 1.165) is 49.6 Å². The fraction of sp³-hybridized carbons (Fsp3) is 0.240. The third kappa shape index (κ3) is 4.76. The summed E-state index contributed by atoms with van der Waals surface area (Å²) in [5, 5.41) is 11.1. The zero-order chi connectivity index (χ0) is 22.8. The van der Waals surface area contributed by atoms with Crippen molar-refractivity contribution in [3.05, 3.63) is 92.2 Å². The number of benzene rings is 2. The first-order valence-electron chi connectivity index (χ1n) is 10.4. The lowest BCUT2D eigenvalue weighted by Crippen LogP contribution is -2.15. The summed E-state index contributed by atoms with van der Waals surface area (Å²) in [6.07, 6.45) is 0.934. The Morgan fingerprint density at radius 1 is 1.09 bits per heavy atom. The summed E-state index contributed by atoms with van der Waals surface area (Å²) in [7, 11) is 0. The lowest BCUT2D eigenvalue weighted by Gasteiger charge is -2.07. The van der Waals surface area contributed by atoms with Gasteiger partial charge in [-0.15, -0.1) is 11.3 Å². The highest BCUT2D eigenvalue weighted by Crippen LogP contribution is 2.26. The predicted octanol–water partition coefficient (Wildman–Crippen LogP) is 5.99. The van der Waals surface area contributed by atoms with Gasteiger partial charge < -0.3 is 5.32 Å². The van der Waals surface area contributed by atoms with Gasteiger partial charge in [0.25, 0.3) is 0 Å². The molecule has 32 heavy (non-hydrogen) atoms. The SMILES string of the molecule is Cc1ccc(NC(=O)Cc2csc(-n3nc(C)c(Cc4ccccc4Cl)c3C)n2)cc1C. The Balaban J connectivity index is 1.49. The summed E-state index contributed by atoms with van der Waals surface area (Å²) in [6, 6.07) is 13.8. The van der Waals surface area contributed by atoms with E-state index in [9.17, 15) is 4.79 Å². The number of hydrogen-bond acceptors (Lipinski definition) is 4. The number of carbonyl (C=O) groups excluding carboxylic acids is 1. The Morgan fingerprint density at radius 3 is 2.62 bits per heavy atom. The molecule has 1 amide bonds. The molecule has 7 heteroatoms. The van der Waals surface area contributed by atoms with Crippen molar-refractivity contribution in [3.63, 3.8) is 0 Å². The fourth-order valence-corrected chi connectivity index (χ4v) is 4.64. The average molecular weight is 465 g/mol. The molecule has 4 rings (SSSR count). The van der Waals surface area contributed by atoms with E-state index in [1.165, 1.54) is 16.9 Å². The predicted molar refractivity (Wildman–Crippen MR) is 131 cm³/mol. The maximum absolute atomic E-state index is 12.5. The molecule has 0 saturated carbocycles. The minimum absolute atomic E-state index is 0.0853. The van der Waals surface area contributed by atoms with Gasteiger partial charge in [0, 0.05) is 33.8 Å². The molecule has 0 aliphatic carbocycles. The summed E-state index contributed by atoms with van der Waals surface area (Å²) in [5.74, 6) is -0.0853. The van der Waals surface area contributed by atoms with Crippen molar-refractivity contribution in [1.29, 1.82) is 0 Å². The molecule has 0 saturated heterocycles. The third-order valence-corrected chi connectivity index (χ3v) is 6.85. The van der Waals surface area contributed by atoms with Gasteiger partial charge in [-0.25, -0.2) is 9.67 Å². The molecule has 0 fully saturated rings. The van der Waals surface area contributed by atoms with Gasteiger partial charge in [-0.3, -0.25) is 4.79 Å². The van der Waals surface area contributed by atoms with Crippen LogP contribution in [0.3, 0.4) is 0 Å². The van der Waals surface area contributed by atoms with E-state index >= 15 is 0 Å². The minimum Gasteiger partial charge on any atom is -0.326 e. The Morgan fingerprint density at radius 2 is 1.88 bits per heavy atom. The number of aromatic nitrogens is 3. The van der Waals surface area contributed by atoms with Crippen molar-refractivity contribution in [1.82, 2.24) is 14.8 Å². The van der Waals surface area contributed by atoms with Crippen LogP contribution in [0.15, 0.2) is 47.8 Å². The van der Waals surface area contributed by atoms with Crippen LogP contribution < -0.4 is 5.32 Å². The molecule has 0 bridgehead atoms. The number of nitrogens with zero attached hydrogens (tertiary/aromatic N) is 3. The highest BCUT2D eigenvalue weighted by atomic mass is 35.5. The molecule has 0 unspecified atom stereocenters. The van der Waals surface area contributed by atoms with Crippen LogP contribution in [-0.4, -0.2) is 20.7 Å². The van der Waals surface area contributed by atoms with Crippen molar-refractivity contribution >= 4 is 34.5 Å². The van der Waals surface area contributed by atoms with Crippen LogP contribution in [0.5, 0.6) is 0 Å². The van der Waals surface area contributed by atoms with Crippen molar-refractivity contribution < 1.29 is 4.79 Å². The van der Waals surface area contributed by atoms with Crippen LogP contribution in [0, 0.1) is 27.7 Å². The maximum atomic E-state index is 12.5. The van der Waals surface area contributed by atoms with Crippen LogP contribution in [0.4, 0.5) is 5.69 Å². The first-order valence-corrected chi connectivity index (χ1v) is 11.7. The van der Waals surface area contributed by atoms with Gasteiger partial charge in [0.05, 0.1) is 17.8 Å². The number of amides is 1. The van der Waals surface area contributed by atoms with E-state index in [1.54, 1.807) is 0 Å². The molecule has 2 aromatic carbocycles. The molecule has 4 aromatic rings. The highest BCUT2D eigenvalue weighted by Gasteiger charge is 2.17. The van der Waals surface area contributed by atoms with Crippen molar-refractivity contribution in [3.8, 4) is 5.13 Å². The van der Waals surface area contributed by atoms with Crippen LogP contribution in [0.1, 0.15) is 39.3 Å². The molecule has 2 aromatic heterocycles. The van der Waals surface area contributed by atoms with Gasteiger partial charge in [-0.2, -0.15) is 5.10 Å². The van der Waals surface area contributed by atoms with Crippen molar-refractivity contribution in [2.24, 2.45) is 0 Å². The quantitative estimate of drug-likeness (QED) is 0.381.